The summed E-state index contributed by atoms with van der Waals surface area (Å²) in [7, 11) is 0. The Morgan fingerprint density at radius 1 is 1.00 bits per heavy atom. The number of carbonyl (C=O) groups excluding carboxylic acids is 1. The van der Waals surface area contributed by atoms with Crippen LogP contribution in [0.4, 0.5) is 0 Å². The first-order valence-electron chi connectivity index (χ1n) is 9.83. The van der Waals surface area contributed by atoms with Gasteiger partial charge in [-0.25, -0.2) is 5.43 Å². The van der Waals surface area contributed by atoms with Crippen LogP contribution in [0.1, 0.15) is 16.7 Å². The minimum absolute atomic E-state index is 0.0854. The molecular formula is C25H23N3O2. The highest BCUT2D eigenvalue weighted by atomic mass is 16.5. The van der Waals surface area contributed by atoms with Gasteiger partial charge >= 0.3 is 0 Å². The number of aryl methyl sites for hydroxylation is 1. The normalized spacial score (nSPS) is 11.1. The molecule has 5 heteroatoms. The average molecular weight is 397 g/mol. The highest BCUT2D eigenvalue weighted by Gasteiger charge is 2.08. The van der Waals surface area contributed by atoms with Gasteiger partial charge in [0.15, 0.2) is 6.61 Å². The van der Waals surface area contributed by atoms with Crippen molar-refractivity contribution in [2.24, 2.45) is 5.10 Å². The van der Waals surface area contributed by atoms with Crippen molar-refractivity contribution in [2.75, 3.05) is 6.61 Å². The van der Waals surface area contributed by atoms with E-state index >= 15 is 0 Å². The minimum Gasteiger partial charge on any atom is -0.483 e. The van der Waals surface area contributed by atoms with E-state index in [-0.39, 0.29) is 12.5 Å². The molecule has 0 aliphatic rings. The van der Waals surface area contributed by atoms with Gasteiger partial charge in [-0.1, -0.05) is 66.7 Å². The highest BCUT2D eigenvalue weighted by Crippen LogP contribution is 2.21. The summed E-state index contributed by atoms with van der Waals surface area (Å²) in [5.74, 6) is 0.392. The van der Waals surface area contributed by atoms with Crippen LogP contribution in [0.2, 0.25) is 0 Å². The van der Waals surface area contributed by atoms with Crippen LogP contribution in [0.15, 0.2) is 90.2 Å². The fourth-order valence-electron chi connectivity index (χ4n) is 3.36. The molecule has 0 bridgehead atoms. The molecule has 0 atom stereocenters. The molecule has 0 aliphatic heterocycles. The number of fused-ring (bicyclic) bond motifs is 1. The van der Waals surface area contributed by atoms with Crippen LogP contribution in [0.5, 0.6) is 5.75 Å². The zero-order valence-electron chi connectivity index (χ0n) is 16.8. The lowest BCUT2D eigenvalue weighted by Crippen LogP contribution is -2.24. The molecule has 0 radical (unpaired) electrons. The van der Waals surface area contributed by atoms with Gasteiger partial charge in [0.1, 0.15) is 5.75 Å². The number of aromatic nitrogens is 1. The smallest absolute Gasteiger partial charge is 0.277 e. The van der Waals surface area contributed by atoms with Gasteiger partial charge in [0, 0.05) is 29.2 Å². The number of rotatable bonds is 7. The van der Waals surface area contributed by atoms with Gasteiger partial charge in [-0.15, -0.1) is 0 Å². The van der Waals surface area contributed by atoms with Crippen molar-refractivity contribution in [3.63, 3.8) is 0 Å². The average Bonchev–Trinajstić information content (AvgIpc) is 3.11. The van der Waals surface area contributed by atoms with E-state index in [0.29, 0.717) is 5.75 Å². The lowest BCUT2D eigenvalue weighted by atomic mass is 10.2. The lowest BCUT2D eigenvalue weighted by Gasteiger charge is -2.07. The van der Waals surface area contributed by atoms with Crippen LogP contribution in [-0.4, -0.2) is 23.3 Å². The third kappa shape index (κ3) is 4.58. The fraction of sp³-hybridized carbons (Fsp3) is 0.120. The lowest BCUT2D eigenvalue weighted by molar-refractivity contribution is -0.123. The molecule has 3 aromatic carbocycles. The molecule has 0 saturated carbocycles. The van der Waals surface area contributed by atoms with E-state index < -0.39 is 0 Å². The molecule has 0 unspecified atom stereocenters. The van der Waals surface area contributed by atoms with Crippen LogP contribution < -0.4 is 10.2 Å². The molecule has 4 rings (SSSR count). The van der Waals surface area contributed by atoms with Gasteiger partial charge < -0.3 is 9.30 Å². The molecule has 30 heavy (non-hydrogen) atoms. The van der Waals surface area contributed by atoms with Crippen molar-refractivity contribution in [2.45, 2.75) is 13.5 Å². The maximum absolute atomic E-state index is 12.1. The van der Waals surface area contributed by atoms with E-state index in [1.807, 2.05) is 61.5 Å². The third-order valence-corrected chi connectivity index (χ3v) is 4.86. The summed E-state index contributed by atoms with van der Waals surface area (Å²) < 4.78 is 7.74. The molecule has 1 heterocycles. The quantitative estimate of drug-likeness (QED) is 0.368. The van der Waals surface area contributed by atoms with Crippen molar-refractivity contribution in [1.29, 1.82) is 0 Å². The summed E-state index contributed by atoms with van der Waals surface area (Å²) in [5.41, 5.74) is 6.82. The summed E-state index contributed by atoms with van der Waals surface area (Å²) in [5, 5.41) is 5.21. The standard InChI is InChI=1S/C25H23N3O2/c1-19-9-5-8-14-24(19)30-18-25(29)27-26-15-21-17-28(16-20-10-3-2-4-11-20)23-13-7-6-12-22(21)23/h2-15,17H,16,18H2,1H3,(H,27,29)/b26-15-. The van der Waals surface area contributed by atoms with Crippen LogP contribution in [0, 0.1) is 6.92 Å². The number of para-hydroxylation sites is 2. The third-order valence-electron chi connectivity index (χ3n) is 4.86. The van der Waals surface area contributed by atoms with E-state index in [9.17, 15) is 4.79 Å². The van der Waals surface area contributed by atoms with E-state index in [0.717, 1.165) is 28.6 Å². The number of hydrogen-bond acceptors (Lipinski definition) is 3. The Labute approximate surface area is 175 Å². The van der Waals surface area contributed by atoms with Crippen molar-refractivity contribution in [1.82, 2.24) is 9.99 Å². The maximum atomic E-state index is 12.1. The topological polar surface area (TPSA) is 55.6 Å². The zero-order valence-corrected chi connectivity index (χ0v) is 16.8. The second-order valence-corrected chi connectivity index (χ2v) is 7.06. The summed E-state index contributed by atoms with van der Waals surface area (Å²) in [6, 6.07) is 26.1. The van der Waals surface area contributed by atoms with Gasteiger partial charge in [0.2, 0.25) is 0 Å². The van der Waals surface area contributed by atoms with Gasteiger partial charge in [0.05, 0.1) is 6.21 Å². The molecule has 5 nitrogen and oxygen atoms in total. The fourth-order valence-corrected chi connectivity index (χ4v) is 3.36. The molecule has 0 fully saturated rings. The number of hydrogen-bond donors (Lipinski definition) is 1. The largest absolute Gasteiger partial charge is 0.483 e. The Morgan fingerprint density at radius 3 is 2.57 bits per heavy atom. The molecule has 4 aromatic rings. The first-order chi connectivity index (χ1) is 14.7. The molecular weight excluding hydrogens is 374 g/mol. The summed E-state index contributed by atoms with van der Waals surface area (Å²) in [6.07, 6.45) is 3.73. The molecule has 1 N–H and O–H groups in total. The number of benzene rings is 3. The van der Waals surface area contributed by atoms with Crippen molar-refractivity contribution >= 4 is 23.0 Å². The molecule has 0 spiro atoms. The molecule has 0 aliphatic carbocycles. The second-order valence-electron chi connectivity index (χ2n) is 7.06. The number of amides is 1. The zero-order chi connectivity index (χ0) is 20.8. The van der Waals surface area contributed by atoms with Gasteiger partial charge in [-0.2, -0.15) is 5.10 Å². The Bertz CT molecular complexity index is 1180. The molecule has 1 amide bonds. The highest BCUT2D eigenvalue weighted by molar-refractivity contribution is 5.99. The number of ether oxygens (including phenoxy) is 1. The number of carbonyl (C=O) groups is 1. The minimum atomic E-state index is -0.303. The SMILES string of the molecule is Cc1ccccc1OCC(=O)N/N=C\c1cn(Cc2ccccc2)c2ccccc12. The molecule has 1 aromatic heterocycles. The van der Waals surface area contributed by atoms with E-state index in [1.54, 1.807) is 6.21 Å². The van der Waals surface area contributed by atoms with Crippen molar-refractivity contribution in [3.05, 3.63) is 102 Å². The Morgan fingerprint density at radius 2 is 1.73 bits per heavy atom. The predicted molar refractivity (Wildman–Crippen MR) is 120 cm³/mol. The Kier molecular flexibility index (Phi) is 5.90. The van der Waals surface area contributed by atoms with E-state index in [1.165, 1.54) is 5.56 Å². The number of nitrogens with one attached hydrogen (secondary N) is 1. The van der Waals surface area contributed by atoms with Crippen LogP contribution in [0.3, 0.4) is 0 Å². The van der Waals surface area contributed by atoms with Crippen LogP contribution >= 0.6 is 0 Å². The molecule has 0 saturated heterocycles. The summed E-state index contributed by atoms with van der Waals surface area (Å²) in [4.78, 5) is 12.1. The summed E-state index contributed by atoms with van der Waals surface area (Å²) in [6.45, 7) is 2.63. The van der Waals surface area contributed by atoms with Crippen LogP contribution in [0.25, 0.3) is 10.9 Å². The summed E-state index contributed by atoms with van der Waals surface area (Å²) >= 11 is 0. The second kappa shape index (κ2) is 9.09. The van der Waals surface area contributed by atoms with Gasteiger partial charge in [0.25, 0.3) is 5.91 Å². The first kappa shape index (κ1) is 19.5. The Balaban J connectivity index is 1.44. The number of hydrazone groups is 1. The van der Waals surface area contributed by atoms with Crippen LogP contribution in [-0.2, 0) is 11.3 Å². The maximum Gasteiger partial charge on any atom is 0.277 e. The predicted octanol–water partition coefficient (Wildman–Crippen LogP) is 4.53. The van der Waals surface area contributed by atoms with E-state index in [4.69, 9.17) is 4.74 Å². The van der Waals surface area contributed by atoms with Crippen molar-refractivity contribution in [3.8, 4) is 5.75 Å². The van der Waals surface area contributed by atoms with Crippen molar-refractivity contribution < 1.29 is 9.53 Å². The first-order valence-corrected chi connectivity index (χ1v) is 9.83. The Hall–Kier alpha value is -3.86. The van der Waals surface area contributed by atoms with Gasteiger partial charge in [-0.05, 0) is 30.2 Å². The monoisotopic (exact) mass is 397 g/mol. The van der Waals surface area contributed by atoms with E-state index in [2.05, 4.69) is 45.6 Å². The molecule has 150 valence electrons. The van der Waals surface area contributed by atoms with Gasteiger partial charge in [-0.3, -0.25) is 4.79 Å². The number of nitrogens with zero attached hydrogens (tertiary/aromatic N) is 2.